The number of hydrogen-bond acceptors (Lipinski definition) is 2. The molecule has 0 saturated heterocycles. The topological polar surface area (TPSA) is 34.1 Å². The van der Waals surface area contributed by atoms with Crippen molar-refractivity contribution in [2.24, 2.45) is 0 Å². The molecule has 0 aromatic heterocycles. The Hall–Kier alpha value is -0.750. The molecule has 0 amide bonds. The molecule has 0 aliphatic carbocycles. The van der Waals surface area contributed by atoms with Crippen LogP contribution in [0.15, 0.2) is 24.3 Å². The van der Waals surface area contributed by atoms with Gasteiger partial charge in [-0.1, -0.05) is 31.2 Å². The fourth-order valence-corrected chi connectivity index (χ4v) is 0.946. The van der Waals surface area contributed by atoms with Crippen LogP contribution >= 0.6 is 9.24 Å². The largest absolute Gasteiger partial charge is 0.106 e. The first-order valence-electron chi connectivity index (χ1n) is 3.34. The van der Waals surface area contributed by atoms with Gasteiger partial charge in [0.2, 0.25) is 0 Å². The Kier molecular flexibility index (Phi) is 5.58. The maximum absolute atomic E-state index is 7.00. The van der Waals surface area contributed by atoms with Crippen molar-refractivity contribution in [2.45, 2.75) is 13.3 Å². The van der Waals surface area contributed by atoms with Crippen LogP contribution in [0.5, 0.6) is 0 Å². The normalized spacial score (nSPS) is 8.18. The van der Waals surface area contributed by atoms with Crippen LogP contribution in [0.1, 0.15) is 12.5 Å². The van der Waals surface area contributed by atoms with Gasteiger partial charge in [0, 0.05) is 9.93 Å². The first-order chi connectivity index (χ1) is 5.33. The van der Waals surface area contributed by atoms with Gasteiger partial charge in [-0.15, -0.1) is 9.24 Å². The lowest BCUT2D eigenvalue weighted by atomic mass is 10.2. The van der Waals surface area contributed by atoms with E-state index in [0.717, 1.165) is 6.42 Å². The van der Waals surface area contributed by atoms with Crippen LogP contribution in [0.3, 0.4) is 0 Å². The average Bonchev–Trinajstić information content (AvgIpc) is 2.10. The van der Waals surface area contributed by atoms with E-state index in [1.54, 1.807) is 0 Å². The van der Waals surface area contributed by atoms with Crippen LogP contribution in [0.4, 0.5) is 0 Å². The molecular formula is C8H11O2P. The summed E-state index contributed by atoms with van der Waals surface area (Å²) in [5, 5.41) is 1.26. The van der Waals surface area contributed by atoms with Crippen molar-refractivity contribution in [3.05, 3.63) is 39.8 Å². The highest BCUT2D eigenvalue weighted by molar-refractivity contribution is 7.27. The van der Waals surface area contributed by atoms with Crippen molar-refractivity contribution < 1.29 is 0 Å². The lowest BCUT2D eigenvalue weighted by Gasteiger charge is -1.94. The zero-order chi connectivity index (χ0) is 8.69. The van der Waals surface area contributed by atoms with Crippen LogP contribution in [-0.4, -0.2) is 0 Å². The van der Waals surface area contributed by atoms with Gasteiger partial charge in [-0.3, -0.25) is 0 Å². The van der Waals surface area contributed by atoms with E-state index in [2.05, 4.69) is 40.4 Å². The third kappa shape index (κ3) is 3.84. The summed E-state index contributed by atoms with van der Waals surface area (Å²) in [6.45, 7) is 2.16. The molecule has 1 unspecified atom stereocenters. The molecule has 0 bridgehead atoms. The molecule has 0 N–H and O–H groups in total. The van der Waals surface area contributed by atoms with E-state index in [1.165, 1.54) is 10.9 Å². The lowest BCUT2D eigenvalue weighted by molar-refractivity contribution is 1.14. The molecule has 3 heteroatoms. The first-order valence-corrected chi connectivity index (χ1v) is 3.91. The molecule has 0 fully saturated rings. The van der Waals surface area contributed by atoms with Crippen molar-refractivity contribution in [3.63, 3.8) is 0 Å². The van der Waals surface area contributed by atoms with Gasteiger partial charge in [-0.2, -0.15) is 0 Å². The SMILES string of the molecule is CCc1ccc(P)cc1.O=O. The minimum atomic E-state index is 1.13. The molecule has 11 heavy (non-hydrogen) atoms. The number of benzene rings is 1. The molecule has 0 aliphatic rings. The van der Waals surface area contributed by atoms with E-state index in [-0.39, 0.29) is 0 Å². The first kappa shape index (κ1) is 10.2. The summed E-state index contributed by atoms with van der Waals surface area (Å²) < 4.78 is 0. The number of aryl methyl sites for hydroxylation is 1. The summed E-state index contributed by atoms with van der Waals surface area (Å²) in [5.41, 5.74) is 1.40. The Morgan fingerprint density at radius 3 is 2.00 bits per heavy atom. The molecule has 1 atom stereocenters. The second-order valence-electron chi connectivity index (χ2n) is 2.10. The maximum Gasteiger partial charge on any atom is 0 e. The zero-order valence-corrected chi connectivity index (χ0v) is 7.57. The standard InChI is InChI=1S/C8H11P.O2/c1-2-7-3-5-8(9)6-4-7;1-2/h3-6H,2,9H2,1H3;. The molecular weight excluding hydrogens is 159 g/mol. The molecule has 0 spiro atoms. The van der Waals surface area contributed by atoms with Gasteiger partial charge in [-0.05, 0) is 17.3 Å². The summed E-state index contributed by atoms with van der Waals surface area (Å²) in [6.07, 6.45) is 1.13. The predicted molar refractivity (Wildman–Crippen MR) is 51.9 cm³/mol. The third-order valence-corrected chi connectivity index (χ3v) is 1.77. The lowest BCUT2D eigenvalue weighted by Crippen LogP contribution is -1.88. The highest BCUT2D eigenvalue weighted by atomic mass is 31.0. The monoisotopic (exact) mass is 170 g/mol. The van der Waals surface area contributed by atoms with Crippen LogP contribution in [-0.2, 0) is 6.42 Å². The van der Waals surface area contributed by atoms with Gasteiger partial charge in [0.15, 0.2) is 0 Å². The summed E-state index contributed by atoms with van der Waals surface area (Å²) in [7, 11) is 2.67. The zero-order valence-electron chi connectivity index (χ0n) is 6.41. The van der Waals surface area contributed by atoms with E-state index in [1.807, 2.05) is 0 Å². The van der Waals surface area contributed by atoms with E-state index >= 15 is 0 Å². The minimum absolute atomic E-state index is 1.13. The average molecular weight is 170 g/mol. The number of hydrogen-bond donors (Lipinski definition) is 0. The Morgan fingerprint density at radius 1 is 1.18 bits per heavy atom. The molecule has 2 nitrogen and oxygen atoms in total. The summed E-state index contributed by atoms with van der Waals surface area (Å²) in [5.74, 6) is 0. The van der Waals surface area contributed by atoms with Crippen molar-refractivity contribution in [1.29, 1.82) is 0 Å². The van der Waals surface area contributed by atoms with E-state index in [0.29, 0.717) is 0 Å². The molecule has 1 aromatic carbocycles. The smallest absolute Gasteiger partial charge is 0 e. The second kappa shape index (κ2) is 5.99. The molecule has 0 aliphatic heterocycles. The molecule has 0 heterocycles. The fraction of sp³-hybridized carbons (Fsp3) is 0.250. The maximum atomic E-state index is 7.00. The molecule has 1 aromatic rings. The van der Waals surface area contributed by atoms with Gasteiger partial charge >= 0.3 is 0 Å². The van der Waals surface area contributed by atoms with Gasteiger partial charge < -0.3 is 0 Å². The van der Waals surface area contributed by atoms with Gasteiger partial charge in [0.05, 0.1) is 0 Å². The van der Waals surface area contributed by atoms with Gasteiger partial charge in [0.1, 0.15) is 0 Å². The van der Waals surface area contributed by atoms with Gasteiger partial charge in [-0.25, -0.2) is 0 Å². The molecule has 1 rings (SSSR count). The van der Waals surface area contributed by atoms with Crippen LogP contribution in [0.2, 0.25) is 0 Å². The fourth-order valence-electron chi connectivity index (χ4n) is 0.753. The van der Waals surface area contributed by atoms with Crippen LogP contribution < -0.4 is 5.30 Å². The summed E-state index contributed by atoms with van der Waals surface area (Å²) in [6, 6.07) is 8.54. The van der Waals surface area contributed by atoms with E-state index in [9.17, 15) is 0 Å². The van der Waals surface area contributed by atoms with Crippen molar-refractivity contribution >= 4 is 14.5 Å². The number of rotatable bonds is 1. The molecule has 0 radical (unpaired) electrons. The van der Waals surface area contributed by atoms with E-state index in [4.69, 9.17) is 9.93 Å². The molecule has 60 valence electrons. The Morgan fingerprint density at radius 2 is 1.64 bits per heavy atom. The highest BCUT2D eigenvalue weighted by Gasteiger charge is 1.84. The Labute approximate surface area is 68.4 Å². The van der Waals surface area contributed by atoms with Crippen molar-refractivity contribution in [2.75, 3.05) is 0 Å². The summed E-state index contributed by atoms with van der Waals surface area (Å²) in [4.78, 5) is 14.0. The third-order valence-electron chi connectivity index (χ3n) is 1.39. The van der Waals surface area contributed by atoms with Crippen LogP contribution in [0, 0.1) is 9.93 Å². The Bertz CT molecular complexity index is 196. The minimum Gasteiger partial charge on any atom is -0.106 e. The predicted octanol–water partition coefficient (Wildman–Crippen LogP) is 1.82. The highest BCUT2D eigenvalue weighted by Crippen LogP contribution is 1.98. The summed E-state index contributed by atoms with van der Waals surface area (Å²) >= 11 is 0. The van der Waals surface area contributed by atoms with Crippen molar-refractivity contribution in [3.8, 4) is 0 Å². The second-order valence-corrected chi connectivity index (χ2v) is 2.76. The molecule has 0 saturated carbocycles. The van der Waals surface area contributed by atoms with Gasteiger partial charge in [0.25, 0.3) is 0 Å². The van der Waals surface area contributed by atoms with E-state index < -0.39 is 0 Å². The quantitative estimate of drug-likeness (QED) is 0.602. The van der Waals surface area contributed by atoms with Crippen molar-refractivity contribution in [1.82, 2.24) is 0 Å². The van der Waals surface area contributed by atoms with Crippen LogP contribution in [0.25, 0.3) is 0 Å². The Balaban J connectivity index is 0.000000461.